The smallest absolute Gasteiger partial charge is 0.306 e. The highest BCUT2D eigenvalue weighted by molar-refractivity contribution is 7.91. The van der Waals surface area contributed by atoms with Crippen LogP contribution in [0.3, 0.4) is 0 Å². The van der Waals surface area contributed by atoms with Crippen LogP contribution in [0.15, 0.2) is 0 Å². The van der Waals surface area contributed by atoms with Crippen molar-refractivity contribution in [3.63, 3.8) is 0 Å². The number of hydrogen-bond donors (Lipinski definition) is 1. The van der Waals surface area contributed by atoms with Gasteiger partial charge in [0.25, 0.3) is 0 Å². The summed E-state index contributed by atoms with van der Waals surface area (Å²) in [4.78, 5) is 10.8. The number of carbonyl (C=O) groups is 1. The Morgan fingerprint density at radius 2 is 2.00 bits per heavy atom. The lowest BCUT2D eigenvalue weighted by atomic mass is 10.1. The molecule has 0 heterocycles. The molecule has 1 atom stereocenters. The van der Waals surface area contributed by atoms with Gasteiger partial charge in [-0.3, -0.25) is 4.79 Å². The minimum atomic E-state index is -3.15. The Kier molecular flexibility index (Phi) is 7.33. The molecule has 5 nitrogen and oxygen atoms in total. The van der Waals surface area contributed by atoms with Crippen molar-refractivity contribution < 1.29 is 17.9 Å². The highest BCUT2D eigenvalue weighted by atomic mass is 32.2. The third kappa shape index (κ3) is 7.64. The van der Waals surface area contributed by atoms with E-state index in [0.717, 1.165) is 6.42 Å². The molecule has 0 radical (unpaired) electrons. The van der Waals surface area contributed by atoms with Gasteiger partial charge >= 0.3 is 5.97 Å². The van der Waals surface area contributed by atoms with Gasteiger partial charge in [0.1, 0.15) is 0 Å². The molecule has 0 fully saturated rings. The zero-order chi connectivity index (χ0) is 12.6. The first-order valence-corrected chi connectivity index (χ1v) is 7.26. The molecule has 2 N–H and O–H groups in total. The summed E-state index contributed by atoms with van der Waals surface area (Å²) in [5.41, 5.74) is 5.68. The van der Waals surface area contributed by atoms with E-state index in [0.29, 0.717) is 12.8 Å². The second kappa shape index (κ2) is 7.62. The molecular formula is C10H21NO4S. The Morgan fingerprint density at radius 3 is 2.50 bits per heavy atom. The van der Waals surface area contributed by atoms with Gasteiger partial charge < -0.3 is 10.5 Å². The third-order valence-corrected chi connectivity index (χ3v) is 4.14. The van der Waals surface area contributed by atoms with E-state index in [1.54, 1.807) is 0 Å². The van der Waals surface area contributed by atoms with Gasteiger partial charge in [0, 0.05) is 6.04 Å². The predicted octanol–water partition coefficient (Wildman–Crippen LogP) is 0.482. The van der Waals surface area contributed by atoms with Crippen molar-refractivity contribution in [2.45, 2.75) is 38.6 Å². The van der Waals surface area contributed by atoms with Crippen LogP contribution < -0.4 is 5.73 Å². The van der Waals surface area contributed by atoms with Gasteiger partial charge in [-0.2, -0.15) is 0 Å². The van der Waals surface area contributed by atoms with Crippen molar-refractivity contribution in [2.75, 3.05) is 18.6 Å². The van der Waals surface area contributed by atoms with Gasteiger partial charge in [0.05, 0.1) is 25.0 Å². The van der Waals surface area contributed by atoms with E-state index < -0.39 is 15.8 Å². The highest BCUT2D eigenvalue weighted by Crippen LogP contribution is 2.04. The molecule has 6 heteroatoms. The molecule has 0 bridgehead atoms. The summed E-state index contributed by atoms with van der Waals surface area (Å²) >= 11 is 0. The lowest BCUT2D eigenvalue weighted by molar-refractivity contribution is -0.140. The van der Waals surface area contributed by atoms with Crippen LogP contribution in [0.5, 0.6) is 0 Å². The van der Waals surface area contributed by atoms with E-state index >= 15 is 0 Å². The van der Waals surface area contributed by atoms with E-state index in [2.05, 4.69) is 4.74 Å². The Labute approximate surface area is 97.3 Å². The van der Waals surface area contributed by atoms with Crippen LogP contribution in [-0.4, -0.2) is 39.0 Å². The Bertz CT molecular complexity index is 300. The van der Waals surface area contributed by atoms with Crippen LogP contribution in [-0.2, 0) is 19.4 Å². The molecule has 0 spiro atoms. The molecule has 16 heavy (non-hydrogen) atoms. The van der Waals surface area contributed by atoms with E-state index in [-0.39, 0.29) is 24.0 Å². The van der Waals surface area contributed by atoms with Crippen molar-refractivity contribution >= 4 is 15.8 Å². The average Bonchev–Trinajstić information content (AvgIpc) is 2.25. The van der Waals surface area contributed by atoms with Crippen molar-refractivity contribution in [2.24, 2.45) is 5.73 Å². The lowest BCUT2D eigenvalue weighted by Crippen LogP contribution is -2.21. The maximum Gasteiger partial charge on any atom is 0.306 e. The first kappa shape index (κ1) is 15.4. The second-order valence-electron chi connectivity index (χ2n) is 3.79. The Hall–Kier alpha value is -0.620. The van der Waals surface area contributed by atoms with Gasteiger partial charge in [-0.1, -0.05) is 6.92 Å². The molecule has 0 aromatic heterocycles. The minimum absolute atomic E-state index is 0.0656. The molecule has 0 saturated carbocycles. The summed E-state index contributed by atoms with van der Waals surface area (Å²) in [5.74, 6) is -0.535. The van der Waals surface area contributed by atoms with Gasteiger partial charge in [-0.15, -0.1) is 0 Å². The second-order valence-corrected chi connectivity index (χ2v) is 6.09. The number of hydrogen-bond acceptors (Lipinski definition) is 5. The van der Waals surface area contributed by atoms with Crippen molar-refractivity contribution in [1.29, 1.82) is 0 Å². The van der Waals surface area contributed by atoms with E-state index in [1.165, 1.54) is 7.11 Å². The Balaban J connectivity index is 3.83. The molecule has 0 aliphatic rings. The van der Waals surface area contributed by atoms with Crippen LogP contribution in [0.2, 0.25) is 0 Å². The number of carbonyl (C=O) groups excluding carboxylic acids is 1. The maximum atomic E-state index is 11.5. The van der Waals surface area contributed by atoms with Crippen molar-refractivity contribution in [1.82, 2.24) is 0 Å². The molecule has 0 saturated heterocycles. The molecule has 0 amide bonds. The number of sulfone groups is 1. The summed E-state index contributed by atoms with van der Waals surface area (Å²) in [6.45, 7) is 1.97. The van der Waals surface area contributed by atoms with E-state index in [1.807, 2.05) is 6.92 Å². The van der Waals surface area contributed by atoms with Crippen LogP contribution in [0.25, 0.3) is 0 Å². The molecule has 0 aromatic rings. The maximum absolute atomic E-state index is 11.5. The first-order valence-electron chi connectivity index (χ1n) is 5.44. The number of esters is 1. The SMILES string of the molecule is CCC(N)CCCS(=O)(=O)CCC(=O)OC. The molecule has 0 rings (SSSR count). The topological polar surface area (TPSA) is 86.5 Å². The lowest BCUT2D eigenvalue weighted by Gasteiger charge is -2.08. The normalized spacial score (nSPS) is 13.4. The fourth-order valence-electron chi connectivity index (χ4n) is 1.21. The molecule has 0 aromatic carbocycles. The summed E-state index contributed by atoms with van der Waals surface area (Å²) in [5, 5.41) is 0. The molecule has 0 aliphatic heterocycles. The summed E-state index contributed by atoms with van der Waals surface area (Å²) in [7, 11) is -1.90. The number of nitrogens with two attached hydrogens (primary N) is 1. The van der Waals surface area contributed by atoms with Crippen LogP contribution in [0, 0.1) is 0 Å². The van der Waals surface area contributed by atoms with Crippen molar-refractivity contribution in [3.8, 4) is 0 Å². The summed E-state index contributed by atoms with van der Waals surface area (Å²) in [6.07, 6.45) is 2.04. The van der Waals surface area contributed by atoms with Gasteiger partial charge in [-0.25, -0.2) is 8.42 Å². The minimum Gasteiger partial charge on any atom is -0.469 e. The van der Waals surface area contributed by atoms with Crippen LogP contribution in [0.4, 0.5) is 0 Å². The summed E-state index contributed by atoms with van der Waals surface area (Å²) < 4.78 is 27.3. The largest absolute Gasteiger partial charge is 0.469 e. The first-order chi connectivity index (χ1) is 7.41. The molecule has 1 unspecified atom stereocenters. The van der Waals surface area contributed by atoms with Gasteiger partial charge in [-0.05, 0) is 19.3 Å². The van der Waals surface area contributed by atoms with Crippen molar-refractivity contribution in [3.05, 3.63) is 0 Å². The molecule has 0 aliphatic carbocycles. The van der Waals surface area contributed by atoms with E-state index in [9.17, 15) is 13.2 Å². The summed E-state index contributed by atoms with van der Waals surface area (Å²) in [6, 6.07) is 0.0656. The number of rotatable bonds is 8. The third-order valence-electron chi connectivity index (χ3n) is 2.40. The van der Waals surface area contributed by atoms with Gasteiger partial charge in [0.15, 0.2) is 9.84 Å². The monoisotopic (exact) mass is 251 g/mol. The standard InChI is InChI=1S/C10H21NO4S/c1-3-9(11)5-4-7-16(13,14)8-6-10(12)15-2/h9H,3-8,11H2,1-2H3. The Morgan fingerprint density at radius 1 is 1.38 bits per heavy atom. The fraction of sp³-hybridized carbons (Fsp3) is 0.900. The molecular weight excluding hydrogens is 230 g/mol. The van der Waals surface area contributed by atoms with E-state index in [4.69, 9.17) is 5.73 Å². The van der Waals surface area contributed by atoms with Crippen LogP contribution >= 0.6 is 0 Å². The number of ether oxygens (including phenoxy) is 1. The number of methoxy groups -OCH3 is 1. The quantitative estimate of drug-likeness (QED) is 0.634. The zero-order valence-electron chi connectivity index (χ0n) is 9.94. The highest BCUT2D eigenvalue weighted by Gasteiger charge is 2.14. The molecule has 96 valence electrons. The van der Waals surface area contributed by atoms with Crippen LogP contribution in [0.1, 0.15) is 32.6 Å². The average molecular weight is 251 g/mol. The van der Waals surface area contributed by atoms with Gasteiger partial charge in [0.2, 0.25) is 0 Å². The fourth-order valence-corrected chi connectivity index (χ4v) is 2.50. The zero-order valence-corrected chi connectivity index (χ0v) is 10.8. The predicted molar refractivity (Wildman–Crippen MR) is 62.8 cm³/mol.